The maximum Gasteiger partial charge on any atom is 0.345 e. The summed E-state index contributed by atoms with van der Waals surface area (Å²) < 4.78 is 2.51. The number of hydrogen-bond donors (Lipinski definition) is 0. The van der Waals surface area contributed by atoms with E-state index in [1.54, 1.807) is 20.9 Å². The normalized spacial score (nSPS) is 10.8. The molecule has 1 aromatic heterocycles. The largest absolute Gasteiger partial charge is 0.345 e. The number of Topliss-reactive ketones (excluding diaryl/α,β-unsaturated/α-hetero) is 1. The van der Waals surface area contributed by atoms with Crippen LogP contribution in [0.15, 0.2) is 11.1 Å². The second-order valence-electron chi connectivity index (χ2n) is 3.30. The summed E-state index contributed by atoms with van der Waals surface area (Å²) in [6.07, 6.45) is 1.40. The first-order chi connectivity index (χ1) is 6.02. The Morgan fingerprint density at radius 2 is 2.23 bits per heavy atom. The Balaban J connectivity index is 2.81. The summed E-state index contributed by atoms with van der Waals surface area (Å²) in [5.41, 5.74) is -0.256. The average molecular weight is 183 g/mol. The van der Waals surface area contributed by atoms with E-state index in [4.69, 9.17) is 0 Å². The molecule has 0 aliphatic rings. The van der Waals surface area contributed by atoms with E-state index in [0.717, 1.165) is 0 Å². The fraction of sp³-hybridized carbons (Fsp3) is 0.625. The van der Waals surface area contributed by atoms with Crippen LogP contribution in [0.4, 0.5) is 0 Å². The summed E-state index contributed by atoms with van der Waals surface area (Å²) in [6.45, 7) is 3.67. The molecule has 1 aromatic rings. The van der Waals surface area contributed by atoms with E-state index < -0.39 is 0 Å². The van der Waals surface area contributed by atoms with Gasteiger partial charge in [-0.05, 0) is 0 Å². The Bertz CT molecular complexity index is 362. The molecule has 1 rings (SSSR count). The molecule has 0 aliphatic carbocycles. The van der Waals surface area contributed by atoms with Crippen molar-refractivity contribution < 1.29 is 4.79 Å². The summed E-state index contributed by atoms with van der Waals surface area (Å²) in [5.74, 6) is -0.0466. The molecule has 0 N–H and O–H groups in total. The van der Waals surface area contributed by atoms with Crippen molar-refractivity contribution in [2.45, 2.75) is 20.4 Å². The van der Waals surface area contributed by atoms with Crippen molar-refractivity contribution >= 4 is 5.78 Å². The van der Waals surface area contributed by atoms with Gasteiger partial charge >= 0.3 is 5.69 Å². The highest BCUT2D eigenvalue weighted by Crippen LogP contribution is 1.94. The molecule has 0 atom stereocenters. The Labute approximate surface area is 76.0 Å². The fourth-order valence-electron chi connectivity index (χ4n) is 0.859. The summed E-state index contributed by atoms with van der Waals surface area (Å²) in [6, 6.07) is 0. The summed E-state index contributed by atoms with van der Waals surface area (Å²) in [5, 5.41) is 3.78. The lowest BCUT2D eigenvalue weighted by atomic mass is 10.1. The monoisotopic (exact) mass is 183 g/mol. The maximum atomic E-state index is 11.3. The quantitative estimate of drug-likeness (QED) is 0.652. The molecular formula is C8H13N3O2. The van der Waals surface area contributed by atoms with E-state index in [-0.39, 0.29) is 23.9 Å². The van der Waals surface area contributed by atoms with Crippen molar-refractivity contribution in [3.05, 3.63) is 16.8 Å². The molecule has 0 amide bonds. The summed E-state index contributed by atoms with van der Waals surface area (Å²) in [7, 11) is 1.60. The third-order valence-electron chi connectivity index (χ3n) is 1.84. The van der Waals surface area contributed by atoms with Gasteiger partial charge in [0.1, 0.15) is 12.9 Å². The first kappa shape index (κ1) is 9.70. The zero-order valence-corrected chi connectivity index (χ0v) is 8.02. The van der Waals surface area contributed by atoms with Crippen LogP contribution in [-0.4, -0.2) is 20.1 Å². The summed E-state index contributed by atoms with van der Waals surface area (Å²) in [4.78, 5) is 22.5. The van der Waals surface area contributed by atoms with E-state index in [2.05, 4.69) is 5.10 Å². The van der Waals surface area contributed by atoms with Gasteiger partial charge in [0.2, 0.25) is 0 Å². The molecule has 0 spiro atoms. The molecule has 0 fully saturated rings. The van der Waals surface area contributed by atoms with E-state index >= 15 is 0 Å². The summed E-state index contributed by atoms with van der Waals surface area (Å²) >= 11 is 0. The van der Waals surface area contributed by atoms with Gasteiger partial charge in [-0.15, -0.1) is 0 Å². The molecular weight excluding hydrogens is 170 g/mol. The minimum Gasteiger partial charge on any atom is -0.297 e. The molecule has 0 radical (unpaired) electrons. The van der Waals surface area contributed by atoms with Crippen LogP contribution in [-0.2, 0) is 18.4 Å². The molecule has 5 heteroatoms. The highest BCUT2D eigenvalue weighted by atomic mass is 16.2. The lowest BCUT2D eigenvalue weighted by molar-refractivity contribution is -0.122. The van der Waals surface area contributed by atoms with Crippen molar-refractivity contribution in [1.29, 1.82) is 0 Å². The highest BCUT2D eigenvalue weighted by Gasteiger charge is 2.10. The SMILES string of the molecule is CC(C)C(=O)Cn1ncn(C)c1=O. The first-order valence-electron chi connectivity index (χ1n) is 4.13. The van der Waals surface area contributed by atoms with Gasteiger partial charge in [0.25, 0.3) is 0 Å². The smallest absolute Gasteiger partial charge is 0.297 e. The van der Waals surface area contributed by atoms with Crippen LogP contribution in [0.25, 0.3) is 0 Å². The first-order valence-corrected chi connectivity index (χ1v) is 4.13. The molecule has 72 valence electrons. The minimum atomic E-state index is -0.256. The second kappa shape index (κ2) is 3.55. The predicted molar refractivity (Wildman–Crippen MR) is 47.3 cm³/mol. The van der Waals surface area contributed by atoms with Crippen molar-refractivity contribution in [3.63, 3.8) is 0 Å². The number of ketones is 1. The molecule has 1 heterocycles. The number of nitrogens with zero attached hydrogens (tertiary/aromatic N) is 3. The van der Waals surface area contributed by atoms with E-state index in [1.165, 1.54) is 15.6 Å². The van der Waals surface area contributed by atoms with Crippen LogP contribution in [0, 0.1) is 5.92 Å². The number of carbonyl (C=O) groups is 1. The van der Waals surface area contributed by atoms with E-state index in [9.17, 15) is 9.59 Å². The van der Waals surface area contributed by atoms with Crippen LogP contribution < -0.4 is 5.69 Å². The molecule has 0 aromatic carbocycles. The minimum absolute atomic E-state index is 0.0146. The van der Waals surface area contributed by atoms with E-state index in [0.29, 0.717) is 0 Å². The Hall–Kier alpha value is -1.39. The van der Waals surface area contributed by atoms with Gasteiger partial charge in [0.15, 0.2) is 5.78 Å². The molecule has 0 saturated carbocycles. The fourth-order valence-corrected chi connectivity index (χ4v) is 0.859. The van der Waals surface area contributed by atoms with Crippen molar-refractivity contribution in [3.8, 4) is 0 Å². The van der Waals surface area contributed by atoms with Crippen molar-refractivity contribution in [2.24, 2.45) is 13.0 Å². The average Bonchev–Trinajstić information content (AvgIpc) is 2.36. The molecule has 0 saturated heterocycles. The Morgan fingerprint density at radius 3 is 2.62 bits per heavy atom. The molecule has 13 heavy (non-hydrogen) atoms. The van der Waals surface area contributed by atoms with Gasteiger partial charge in [-0.25, -0.2) is 9.48 Å². The van der Waals surface area contributed by atoms with Gasteiger partial charge in [0.05, 0.1) is 0 Å². The Kier molecular flexibility index (Phi) is 2.65. The van der Waals surface area contributed by atoms with Crippen LogP contribution >= 0.6 is 0 Å². The number of rotatable bonds is 3. The highest BCUT2D eigenvalue weighted by molar-refractivity contribution is 5.79. The molecule has 0 bridgehead atoms. The van der Waals surface area contributed by atoms with E-state index in [1.807, 2.05) is 0 Å². The maximum absolute atomic E-state index is 11.3. The second-order valence-corrected chi connectivity index (χ2v) is 3.30. The number of hydrogen-bond acceptors (Lipinski definition) is 3. The number of carbonyl (C=O) groups excluding carboxylic acids is 1. The lowest BCUT2D eigenvalue weighted by Gasteiger charge is -2.01. The molecule has 0 aliphatic heterocycles. The van der Waals surface area contributed by atoms with Gasteiger partial charge < -0.3 is 0 Å². The van der Waals surface area contributed by atoms with Crippen LogP contribution in [0.3, 0.4) is 0 Å². The molecule has 5 nitrogen and oxygen atoms in total. The molecule has 0 unspecified atom stereocenters. The zero-order valence-electron chi connectivity index (χ0n) is 8.02. The van der Waals surface area contributed by atoms with Gasteiger partial charge in [-0.2, -0.15) is 5.10 Å². The topological polar surface area (TPSA) is 56.9 Å². The number of aromatic nitrogens is 3. The zero-order chi connectivity index (χ0) is 10.0. The van der Waals surface area contributed by atoms with Crippen LogP contribution in [0.5, 0.6) is 0 Å². The number of aryl methyl sites for hydroxylation is 1. The third-order valence-corrected chi connectivity index (χ3v) is 1.84. The van der Waals surface area contributed by atoms with Crippen LogP contribution in [0.1, 0.15) is 13.8 Å². The van der Waals surface area contributed by atoms with Gasteiger partial charge in [0, 0.05) is 13.0 Å². The van der Waals surface area contributed by atoms with Gasteiger partial charge in [-0.1, -0.05) is 13.8 Å². The third kappa shape index (κ3) is 2.05. The lowest BCUT2D eigenvalue weighted by Crippen LogP contribution is -2.28. The Morgan fingerprint density at radius 1 is 1.62 bits per heavy atom. The predicted octanol–water partition coefficient (Wildman–Crippen LogP) is -0.193. The van der Waals surface area contributed by atoms with Crippen LogP contribution in [0.2, 0.25) is 0 Å². The standard InChI is InChI=1S/C8H13N3O2/c1-6(2)7(12)4-11-8(13)10(3)5-9-11/h5-6H,4H2,1-3H3. The van der Waals surface area contributed by atoms with Gasteiger partial charge in [-0.3, -0.25) is 9.36 Å². The van der Waals surface area contributed by atoms with Crippen molar-refractivity contribution in [1.82, 2.24) is 14.3 Å². The van der Waals surface area contributed by atoms with Crippen molar-refractivity contribution in [2.75, 3.05) is 0 Å².